The highest BCUT2D eigenvalue weighted by molar-refractivity contribution is 5.56. The predicted octanol–water partition coefficient (Wildman–Crippen LogP) is 1.75. The van der Waals surface area contributed by atoms with Gasteiger partial charge >= 0.3 is 0 Å². The van der Waals surface area contributed by atoms with Crippen molar-refractivity contribution in [1.29, 1.82) is 0 Å². The highest BCUT2D eigenvalue weighted by Gasteiger charge is 2.03. The molecule has 1 unspecified atom stereocenters. The van der Waals surface area contributed by atoms with Crippen LogP contribution < -0.4 is 5.73 Å². The molecule has 0 aromatic carbocycles. The SMILES string of the molecule is CC(N)CCc1ncc(-c2cccnc2)[nH]1. The van der Waals surface area contributed by atoms with Gasteiger partial charge in [-0.1, -0.05) is 0 Å². The van der Waals surface area contributed by atoms with E-state index in [2.05, 4.69) is 15.0 Å². The highest BCUT2D eigenvalue weighted by atomic mass is 14.9. The number of hydrogen-bond donors (Lipinski definition) is 2. The van der Waals surface area contributed by atoms with E-state index < -0.39 is 0 Å². The fraction of sp³-hybridized carbons (Fsp3) is 0.333. The topological polar surface area (TPSA) is 67.6 Å². The van der Waals surface area contributed by atoms with Gasteiger partial charge in [-0.3, -0.25) is 4.98 Å². The number of aromatic amines is 1. The summed E-state index contributed by atoms with van der Waals surface area (Å²) in [5, 5.41) is 0. The summed E-state index contributed by atoms with van der Waals surface area (Å²) in [6.07, 6.45) is 7.26. The molecule has 0 saturated heterocycles. The smallest absolute Gasteiger partial charge is 0.106 e. The van der Waals surface area contributed by atoms with Crippen molar-refractivity contribution in [1.82, 2.24) is 15.0 Å². The first-order chi connectivity index (χ1) is 7.75. The number of hydrogen-bond acceptors (Lipinski definition) is 3. The van der Waals surface area contributed by atoms with Gasteiger partial charge in [0.05, 0.1) is 11.9 Å². The fourth-order valence-corrected chi connectivity index (χ4v) is 1.52. The van der Waals surface area contributed by atoms with Crippen molar-refractivity contribution in [3.63, 3.8) is 0 Å². The zero-order valence-electron chi connectivity index (χ0n) is 9.35. The standard InChI is InChI=1S/C12H16N4/c1-9(13)4-5-12-15-8-11(16-12)10-3-2-6-14-7-10/h2-3,6-9H,4-5,13H2,1H3,(H,15,16). The Morgan fingerprint density at radius 1 is 1.44 bits per heavy atom. The molecule has 0 spiro atoms. The molecule has 0 aliphatic rings. The van der Waals surface area contributed by atoms with E-state index in [4.69, 9.17) is 5.73 Å². The van der Waals surface area contributed by atoms with Crippen molar-refractivity contribution in [2.45, 2.75) is 25.8 Å². The Hall–Kier alpha value is -1.68. The minimum Gasteiger partial charge on any atom is -0.342 e. The molecule has 3 N–H and O–H groups in total. The van der Waals surface area contributed by atoms with Gasteiger partial charge in [-0.25, -0.2) is 4.98 Å². The minimum atomic E-state index is 0.215. The molecule has 2 heterocycles. The van der Waals surface area contributed by atoms with Gasteiger partial charge in [0.1, 0.15) is 5.82 Å². The van der Waals surface area contributed by atoms with E-state index in [1.165, 1.54) is 0 Å². The van der Waals surface area contributed by atoms with Crippen molar-refractivity contribution >= 4 is 0 Å². The van der Waals surface area contributed by atoms with E-state index in [1.54, 1.807) is 6.20 Å². The van der Waals surface area contributed by atoms with E-state index in [-0.39, 0.29) is 6.04 Å². The first-order valence-corrected chi connectivity index (χ1v) is 5.45. The number of H-pyrrole nitrogens is 1. The van der Waals surface area contributed by atoms with E-state index in [1.807, 2.05) is 31.5 Å². The van der Waals surface area contributed by atoms with Gasteiger partial charge in [0.15, 0.2) is 0 Å². The quantitative estimate of drug-likeness (QED) is 0.818. The Balaban J connectivity index is 2.08. The lowest BCUT2D eigenvalue weighted by molar-refractivity contribution is 0.652. The molecular weight excluding hydrogens is 200 g/mol. The molecule has 2 aromatic heterocycles. The summed E-state index contributed by atoms with van der Waals surface area (Å²) in [5.41, 5.74) is 7.77. The first kappa shape index (κ1) is 10.8. The van der Waals surface area contributed by atoms with E-state index in [0.29, 0.717) is 0 Å². The lowest BCUT2D eigenvalue weighted by atomic mass is 10.2. The van der Waals surface area contributed by atoms with Crippen LogP contribution in [0.4, 0.5) is 0 Å². The molecule has 0 saturated carbocycles. The molecule has 2 aromatic rings. The molecule has 1 atom stereocenters. The number of rotatable bonds is 4. The van der Waals surface area contributed by atoms with Crippen molar-refractivity contribution in [3.05, 3.63) is 36.5 Å². The Kier molecular flexibility index (Phi) is 3.31. The number of aromatic nitrogens is 3. The lowest BCUT2D eigenvalue weighted by Gasteiger charge is -2.01. The lowest BCUT2D eigenvalue weighted by Crippen LogP contribution is -2.15. The normalized spacial score (nSPS) is 12.6. The maximum Gasteiger partial charge on any atom is 0.106 e. The second-order valence-corrected chi connectivity index (χ2v) is 4.00. The summed E-state index contributed by atoms with van der Waals surface area (Å²) in [5.74, 6) is 0.983. The largest absolute Gasteiger partial charge is 0.342 e. The summed E-state index contributed by atoms with van der Waals surface area (Å²) in [7, 11) is 0. The molecule has 4 heteroatoms. The van der Waals surface area contributed by atoms with Gasteiger partial charge in [0, 0.05) is 30.4 Å². The third-order valence-electron chi connectivity index (χ3n) is 2.44. The summed E-state index contributed by atoms with van der Waals surface area (Å²) in [4.78, 5) is 11.7. The van der Waals surface area contributed by atoms with Crippen LogP contribution in [0.15, 0.2) is 30.7 Å². The van der Waals surface area contributed by atoms with Gasteiger partial charge < -0.3 is 10.7 Å². The van der Waals surface area contributed by atoms with Gasteiger partial charge in [-0.2, -0.15) is 0 Å². The number of nitrogens with two attached hydrogens (primary N) is 1. The zero-order valence-corrected chi connectivity index (χ0v) is 9.35. The van der Waals surface area contributed by atoms with Crippen molar-refractivity contribution in [3.8, 4) is 11.3 Å². The van der Waals surface area contributed by atoms with Gasteiger partial charge in [0.25, 0.3) is 0 Å². The van der Waals surface area contributed by atoms with E-state index in [9.17, 15) is 0 Å². The molecule has 0 aliphatic heterocycles. The molecule has 2 rings (SSSR count). The van der Waals surface area contributed by atoms with Crippen LogP contribution in [0.3, 0.4) is 0 Å². The molecule has 0 fully saturated rings. The third kappa shape index (κ3) is 2.67. The van der Waals surface area contributed by atoms with Crippen LogP contribution in [-0.2, 0) is 6.42 Å². The van der Waals surface area contributed by atoms with Crippen LogP contribution in [-0.4, -0.2) is 21.0 Å². The van der Waals surface area contributed by atoms with Gasteiger partial charge in [-0.05, 0) is 25.5 Å². The number of imidazole rings is 1. The summed E-state index contributed by atoms with van der Waals surface area (Å²) < 4.78 is 0. The van der Waals surface area contributed by atoms with Crippen LogP contribution in [0.2, 0.25) is 0 Å². The maximum atomic E-state index is 5.71. The molecule has 16 heavy (non-hydrogen) atoms. The monoisotopic (exact) mass is 216 g/mol. The number of pyridine rings is 1. The van der Waals surface area contributed by atoms with E-state index >= 15 is 0 Å². The molecule has 0 amide bonds. The van der Waals surface area contributed by atoms with Gasteiger partial charge in [0.2, 0.25) is 0 Å². The Bertz CT molecular complexity index is 433. The fourth-order valence-electron chi connectivity index (χ4n) is 1.52. The number of nitrogens with one attached hydrogen (secondary N) is 1. The molecule has 4 nitrogen and oxygen atoms in total. The summed E-state index contributed by atoms with van der Waals surface area (Å²) in [6, 6.07) is 4.14. The number of aryl methyl sites for hydroxylation is 1. The zero-order chi connectivity index (χ0) is 11.4. The van der Waals surface area contributed by atoms with Crippen LogP contribution in [0.1, 0.15) is 19.2 Å². The van der Waals surface area contributed by atoms with Crippen molar-refractivity contribution < 1.29 is 0 Å². The Morgan fingerprint density at radius 2 is 2.31 bits per heavy atom. The summed E-state index contributed by atoms with van der Waals surface area (Å²) in [6.45, 7) is 2.00. The number of nitrogens with zero attached hydrogens (tertiary/aromatic N) is 2. The van der Waals surface area contributed by atoms with Crippen molar-refractivity contribution in [2.75, 3.05) is 0 Å². The maximum absolute atomic E-state index is 5.71. The average Bonchev–Trinajstić information content (AvgIpc) is 2.76. The van der Waals surface area contributed by atoms with E-state index in [0.717, 1.165) is 29.9 Å². The van der Waals surface area contributed by atoms with Crippen molar-refractivity contribution in [2.24, 2.45) is 5.73 Å². The Morgan fingerprint density at radius 3 is 3.00 bits per heavy atom. The van der Waals surface area contributed by atoms with Crippen LogP contribution in [0, 0.1) is 0 Å². The Labute approximate surface area is 94.9 Å². The first-order valence-electron chi connectivity index (χ1n) is 5.45. The molecule has 0 aliphatic carbocycles. The van der Waals surface area contributed by atoms with Gasteiger partial charge in [-0.15, -0.1) is 0 Å². The minimum absolute atomic E-state index is 0.215. The average molecular weight is 216 g/mol. The van der Waals surface area contributed by atoms with Crippen LogP contribution in [0.25, 0.3) is 11.3 Å². The van der Waals surface area contributed by atoms with Crippen LogP contribution in [0.5, 0.6) is 0 Å². The molecule has 84 valence electrons. The second-order valence-electron chi connectivity index (χ2n) is 4.00. The molecule has 0 bridgehead atoms. The third-order valence-corrected chi connectivity index (χ3v) is 2.44. The summed E-state index contributed by atoms with van der Waals surface area (Å²) >= 11 is 0. The molecule has 0 radical (unpaired) electrons. The highest BCUT2D eigenvalue weighted by Crippen LogP contribution is 2.15. The van der Waals surface area contributed by atoms with Crippen LogP contribution >= 0.6 is 0 Å². The predicted molar refractivity (Wildman–Crippen MR) is 63.8 cm³/mol. The molecular formula is C12H16N4. The second kappa shape index (κ2) is 4.90.